The summed E-state index contributed by atoms with van der Waals surface area (Å²) in [6, 6.07) is 6.33. The van der Waals surface area contributed by atoms with Gasteiger partial charge in [-0.05, 0) is 80.2 Å². The molecule has 1 aromatic carbocycles. The molecule has 1 fully saturated rings. The fourth-order valence-electron chi connectivity index (χ4n) is 3.63. The highest BCUT2D eigenvalue weighted by molar-refractivity contribution is 5.54. The number of unbranched alkanes of at least 4 members (excludes halogenated alkanes) is 1. The molecule has 0 spiro atoms. The summed E-state index contributed by atoms with van der Waals surface area (Å²) in [7, 11) is 0. The molecule has 3 heteroatoms. The summed E-state index contributed by atoms with van der Waals surface area (Å²) in [4.78, 5) is 8.98. The minimum Gasteiger partial charge on any atom is -0.236 e. The minimum atomic E-state index is -0.236. The summed E-state index contributed by atoms with van der Waals surface area (Å²) in [5.74, 6) is 1.89. The molecule has 0 atom stereocenters. The summed E-state index contributed by atoms with van der Waals surface area (Å²) in [5, 5.41) is 0. The largest absolute Gasteiger partial charge is 0.236 e. The van der Waals surface area contributed by atoms with E-state index in [-0.39, 0.29) is 5.82 Å². The third-order valence-corrected chi connectivity index (χ3v) is 5.11. The van der Waals surface area contributed by atoms with Gasteiger partial charge in [-0.15, -0.1) is 6.58 Å². The molecule has 0 aliphatic heterocycles. The van der Waals surface area contributed by atoms with Crippen molar-refractivity contribution in [3.05, 3.63) is 60.7 Å². The molecule has 0 N–H and O–H groups in total. The first-order chi connectivity index (χ1) is 11.8. The summed E-state index contributed by atoms with van der Waals surface area (Å²) < 4.78 is 13.0. The van der Waals surface area contributed by atoms with E-state index >= 15 is 0 Å². The van der Waals surface area contributed by atoms with Gasteiger partial charge in [-0.1, -0.05) is 12.5 Å². The van der Waals surface area contributed by atoms with Crippen LogP contribution in [0.2, 0.25) is 0 Å². The Morgan fingerprint density at radius 3 is 2.33 bits per heavy atom. The zero-order chi connectivity index (χ0) is 16.8. The van der Waals surface area contributed by atoms with Crippen molar-refractivity contribution >= 4 is 0 Å². The van der Waals surface area contributed by atoms with E-state index in [4.69, 9.17) is 0 Å². The molecule has 0 bridgehead atoms. The molecular formula is C21H25FN2. The number of hydrogen-bond donors (Lipinski definition) is 0. The number of halogens is 1. The Bertz CT molecular complexity index is 641. The number of rotatable bonds is 6. The molecule has 0 unspecified atom stereocenters. The Kier molecular flexibility index (Phi) is 5.73. The van der Waals surface area contributed by atoms with Crippen LogP contribution in [0.3, 0.4) is 0 Å². The summed E-state index contributed by atoms with van der Waals surface area (Å²) in [6.45, 7) is 3.80. The van der Waals surface area contributed by atoms with Gasteiger partial charge < -0.3 is 0 Å². The average molecular weight is 324 g/mol. The lowest BCUT2D eigenvalue weighted by Crippen LogP contribution is -2.13. The van der Waals surface area contributed by atoms with Crippen LogP contribution in [0.4, 0.5) is 4.39 Å². The van der Waals surface area contributed by atoms with Crippen LogP contribution in [0.15, 0.2) is 49.3 Å². The molecule has 1 heterocycles. The molecule has 2 aromatic rings. The summed E-state index contributed by atoms with van der Waals surface area (Å²) >= 11 is 0. The predicted octanol–water partition coefficient (Wildman–Crippen LogP) is 5.91. The zero-order valence-corrected chi connectivity index (χ0v) is 14.1. The van der Waals surface area contributed by atoms with Crippen molar-refractivity contribution in [3.63, 3.8) is 0 Å². The third-order valence-electron chi connectivity index (χ3n) is 5.11. The summed E-state index contributed by atoms with van der Waals surface area (Å²) in [5.41, 5.74) is 2.10. The molecule has 24 heavy (non-hydrogen) atoms. The first-order valence-electron chi connectivity index (χ1n) is 8.95. The van der Waals surface area contributed by atoms with Crippen LogP contribution >= 0.6 is 0 Å². The lowest BCUT2D eigenvalue weighted by Gasteiger charge is -2.28. The molecule has 2 nitrogen and oxygen atoms in total. The van der Waals surface area contributed by atoms with E-state index < -0.39 is 0 Å². The molecule has 0 saturated heterocycles. The number of nitrogens with zero attached hydrogens (tertiary/aromatic N) is 2. The van der Waals surface area contributed by atoms with Crippen molar-refractivity contribution in [1.29, 1.82) is 0 Å². The molecule has 0 amide bonds. The normalized spacial score (nSPS) is 20.7. The maximum Gasteiger partial charge on any atom is 0.159 e. The quantitative estimate of drug-likeness (QED) is 0.487. The van der Waals surface area contributed by atoms with E-state index in [1.54, 1.807) is 12.1 Å². The van der Waals surface area contributed by atoms with E-state index in [9.17, 15) is 4.39 Å². The first-order valence-corrected chi connectivity index (χ1v) is 8.95. The Labute approximate surface area is 143 Å². The lowest BCUT2D eigenvalue weighted by atomic mass is 9.77. The van der Waals surface area contributed by atoms with Crippen molar-refractivity contribution < 1.29 is 4.39 Å². The van der Waals surface area contributed by atoms with Gasteiger partial charge in [-0.3, -0.25) is 0 Å². The van der Waals surface area contributed by atoms with Gasteiger partial charge >= 0.3 is 0 Å². The monoisotopic (exact) mass is 324 g/mol. The second-order valence-corrected chi connectivity index (χ2v) is 6.78. The highest BCUT2D eigenvalue weighted by Crippen LogP contribution is 2.37. The van der Waals surface area contributed by atoms with Crippen molar-refractivity contribution in [2.24, 2.45) is 5.92 Å². The topological polar surface area (TPSA) is 25.8 Å². The van der Waals surface area contributed by atoms with Gasteiger partial charge in [0.05, 0.1) is 0 Å². The fraction of sp³-hybridized carbons (Fsp3) is 0.429. The zero-order valence-electron chi connectivity index (χ0n) is 14.1. The van der Waals surface area contributed by atoms with Crippen LogP contribution in [-0.4, -0.2) is 9.97 Å². The molecular weight excluding hydrogens is 299 g/mol. The highest BCUT2D eigenvalue weighted by atomic mass is 19.1. The van der Waals surface area contributed by atoms with Crippen LogP contribution in [0.5, 0.6) is 0 Å². The molecule has 0 radical (unpaired) electrons. The van der Waals surface area contributed by atoms with Gasteiger partial charge in [0.1, 0.15) is 5.82 Å². The van der Waals surface area contributed by atoms with Crippen LogP contribution < -0.4 is 0 Å². The highest BCUT2D eigenvalue weighted by Gasteiger charge is 2.22. The molecule has 1 saturated carbocycles. The number of benzene rings is 1. The van der Waals surface area contributed by atoms with Crippen LogP contribution in [0.25, 0.3) is 11.4 Å². The van der Waals surface area contributed by atoms with Crippen molar-refractivity contribution in [2.45, 2.75) is 50.9 Å². The maximum atomic E-state index is 13.0. The molecule has 1 aliphatic rings. The van der Waals surface area contributed by atoms with E-state index in [1.165, 1.54) is 56.2 Å². The van der Waals surface area contributed by atoms with E-state index in [2.05, 4.69) is 16.5 Å². The maximum absolute atomic E-state index is 13.0. The SMILES string of the molecule is C=CCCCC1CCC(c2cnc(-c3ccc(F)cc3)nc2)CC1. The smallest absolute Gasteiger partial charge is 0.159 e. The van der Waals surface area contributed by atoms with Crippen molar-refractivity contribution in [3.8, 4) is 11.4 Å². The molecule has 126 valence electrons. The third kappa shape index (κ3) is 4.28. The van der Waals surface area contributed by atoms with Gasteiger partial charge in [0, 0.05) is 18.0 Å². The first kappa shape index (κ1) is 16.8. The standard InChI is InChI=1S/C21H25FN2/c1-2-3-4-5-16-6-8-17(9-7-16)19-14-23-21(24-15-19)18-10-12-20(22)13-11-18/h2,10-17H,1,3-9H2. The Hall–Kier alpha value is -2.03. The Balaban J connectivity index is 1.56. The molecule has 1 aromatic heterocycles. The van der Waals surface area contributed by atoms with Crippen molar-refractivity contribution in [2.75, 3.05) is 0 Å². The Morgan fingerprint density at radius 2 is 1.71 bits per heavy atom. The number of hydrogen-bond acceptors (Lipinski definition) is 2. The lowest BCUT2D eigenvalue weighted by molar-refractivity contribution is 0.305. The van der Waals surface area contributed by atoms with Gasteiger partial charge in [0.15, 0.2) is 5.82 Å². The van der Waals surface area contributed by atoms with E-state index in [0.29, 0.717) is 11.7 Å². The minimum absolute atomic E-state index is 0.236. The number of aromatic nitrogens is 2. The summed E-state index contributed by atoms with van der Waals surface area (Å²) in [6.07, 6.45) is 14.7. The molecule has 1 aliphatic carbocycles. The second kappa shape index (κ2) is 8.18. The second-order valence-electron chi connectivity index (χ2n) is 6.78. The van der Waals surface area contributed by atoms with Gasteiger partial charge in [-0.25, -0.2) is 14.4 Å². The predicted molar refractivity (Wildman–Crippen MR) is 96.2 cm³/mol. The van der Waals surface area contributed by atoms with Gasteiger partial charge in [-0.2, -0.15) is 0 Å². The van der Waals surface area contributed by atoms with Crippen LogP contribution in [-0.2, 0) is 0 Å². The van der Waals surface area contributed by atoms with Gasteiger partial charge in [0.25, 0.3) is 0 Å². The average Bonchev–Trinajstić information content (AvgIpc) is 2.63. The van der Waals surface area contributed by atoms with E-state index in [0.717, 1.165) is 17.9 Å². The van der Waals surface area contributed by atoms with Crippen LogP contribution in [0.1, 0.15) is 56.4 Å². The fourth-order valence-corrected chi connectivity index (χ4v) is 3.63. The molecule has 3 rings (SSSR count). The van der Waals surface area contributed by atoms with Gasteiger partial charge in [0.2, 0.25) is 0 Å². The Morgan fingerprint density at radius 1 is 1.04 bits per heavy atom. The van der Waals surface area contributed by atoms with Crippen molar-refractivity contribution in [1.82, 2.24) is 9.97 Å². The number of allylic oxidation sites excluding steroid dienone is 1. The van der Waals surface area contributed by atoms with Crippen LogP contribution in [0, 0.1) is 11.7 Å². The van der Waals surface area contributed by atoms with E-state index in [1.807, 2.05) is 18.5 Å².